The van der Waals surface area contributed by atoms with Gasteiger partial charge in [0.25, 0.3) is 5.91 Å². The Balaban J connectivity index is 2.36. The number of hydrogen-bond donors (Lipinski definition) is 2. The van der Waals surface area contributed by atoms with Gasteiger partial charge in [-0.2, -0.15) is 0 Å². The average molecular weight is 383 g/mol. The lowest BCUT2D eigenvalue weighted by atomic mass is 10.1. The number of carbonyl (C=O) groups excluding carboxylic acids is 1. The second-order valence-electron chi connectivity index (χ2n) is 4.24. The molecule has 0 saturated carbocycles. The van der Waals surface area contributed by atoms with E-state index in [4.69, 9.17) is 0 Å². The van der Waals surface area contributed by atoms with E-state index in [0.717, 1.165) is 0 Å². The Labute approximate surface area is 130 Å². The van der Waals surface area contributed by atoms with E-state index >= 15 is 0 Å². The highest BCUT2D eigenvalue weighted by Gasteiger charge is 2.17. The minimum Gasteiger partial charge on any atom is -0.508 e. The fraction of sp³-hybridized carbons (Fsp3) is 0.133. The van der Waals surface area contributed by atoms with Crippen LogP contribution in [-0.2, 0) is 0 Å². The number of carbonyl (C=O) groups is 1. The number of hydrogen-bond acceptors (Lipinski definition) is 3. The van der Waals surface area contributed by atoms with E-state index in [-0.39, 0.29) is 17.4 Å². The van der Waals surface area contributed by atoms with Gasteiger partial charge in [0.2, 0.25) is 0 Å². The van der Waals surface area contributed by atoms with E-state index < -0.39 is 0 Å². The van der Waals surface area contributed by atoms with Crippen molar-refractivity contribution < 1.29 is 15.0 Å². The van der Waals surface area contributed by atoms with Gasteiger partial charge < -0.3 is 15.1 Å². The number of anilines is 1. The first kappa shape index (κ1) is 14.6. The summed E-state index contributed by atoms with van der Waals surface area (Å²) in [6.07, 6.45) is 0. The van der Waals surface area contributed by atoms with Crippen molar-refractivity contribution in [3.63, 3.8) is 0 Å². The van der Waals surface area contributed by atoms with Gasteiger partial charge in [0, 0.05) is 23.9 Å². The second kappa shape index (κ2) is 6.13. The minimum absolute atomic E-state index is 0.0865. The summed E-state index contributed by atoms with van der Waals surface area (Å²) in [5, 5.41) is 19.2. The van der Waals surface area contributed by atoms with Crippen LogP contribution >= 0.6 is 22.6 Å². The number of rotatable bonds is 3. The van der Waals surface area contributed by atoms with E-state index in [1.54, 1.807) is 35.2 Å². The topological polar surface area (TPSA) is 60.8 Å². The molecule has 2 aromatic carbocycles. The number of phenols is 2. The van der Waals surface area contributed by atoms with Crippen LogP contribution in [0.3, 0.4) is 0 Å². The average Bonchev–Trinajstić information content (AvgIpc) is 2.42. The molecule has 2 rings (SSSR count). The molecule has 0 bridgehead atoms. The molecule has 104 valence electrons. The molecule has 0 aliphatic heterocycles. The van der Waals surface area contributed by atoms with Gasteiger partial charge in [-0.1, -0.05) is 6.07 Å². The van der Waals surface area contributed by atoms with Crippen molar-refractivity contribution in [3.05, 3.63) is 51.6 Å². The summed E-state index contributed by atoms with van der Waals surface area (Å²) in [4.78, 5) is 14.0. The molecule has 0 aromatic heterocycles. The predicted octanol–water partition coefficient (Wildman–Crippen LogP) is 3.37. The first-order chi connectivity index (χ1) is 9.52. The number of benzene rings is 2. The lowest BCUT2D eigenvalue weighted by molar-refractivity contribution is 0.0988. The summed E-state index contributed by atoms with van der Waals surface area (Å²) in [6.45, 7) is 2.32. The lowest BCUT2D eigenvalue weighted by Gasteiger charge is -2.21. The first-order valence-electron chi connectivity index (χ1n) is 6.12. The molecule has 0 atom stereocenters. The van der Waals surface area contributed by atoms with Crippen LogP contribution in [0, 0.1) is 3.57 Å². The molecule has 0 aliphatic carbocycles. The van der Waals surface area contributed by atoms with Gasteiger partial charge in [-0.3, -0.25) is 4.79 Å². The highest BCUT2D eigenvalue weighted by atomic mass is 127. The van der Waals surface area contributed by atoms with Crippen molar-refractivity contribution in [2.45, 2.75) is 6.92 Å². The number of aromatic hydroxyl groups is 2. The van der Waals surface area contributed by atoms with E-state index in [0.29, 0.717) is 21.4 Å². The van der Waals surface area contributed by atoms with Crippen molar-refractivity contribution in [2.75, 3.05) is 11.4 Å². The van der Waals surface area contributed by atoms with Crippen LogP contribution in [0.5, 0.6) is 11.5 Å². The maximum absolute atomic E-state index is 12.5. The van der Waals surface area contributed by atoms with Crippen LogP contribution in [-0.4, -0.2) is 22.7 Å². The number of amides is 1. The molecule has 0 unspecified atom stereocenters. The van der Waals surface area contributed by atoms with E-state index in [1.807, 2.05) is 29.5 Å². The third-order valence-corrected chi connectivity index (χ3v) is 3.81. The molecule has 5 heteroatoms. The van der Waals surface area contributed by atoms with Crippen LogP contribution < -0.4 is 4.90 Å². The molecule has 2 N–H and O–H groups in total. The maximum Gasteiger partial charge on any atom is 0.258 e. The van der Waals surface area contributed by atoms with Gasteiger partial charge in [-0.05, 0) is 59.8 Å². The highest BCUT2D eigenvalue weighted by molar-refractivity contribution is 14.1. The van der Waals surface area contributed by atoms with E-state index in [1.165, 1.54) is 12.1 Å². The quantitative estimate of drug-likeness (QED) is 0.800. The Kier molecular flexibility index (Phi) is 4.49. The van der Waals surface area contributed by atoms with Crippen molar-refractivity contribution in [1.29, 1.82) is 0 Å². The summed E-state index contributed by atoms with van der Waals surface area (Å²) in [7, 11) is 0. The fourth-order valence-electron chi connectivity index (χ4n) is 1.91. The molecule has 4 nitrogen and oxygen atoms in total. The van der Waals surface area contributed by atoms with Gasteiger partial charge in [0.15, 0.2) is 0 Å². The zero-order valence-corrected chi connectivity index (χ0v) is 13.0. The molecular weight excluding hydrogens is 369 g/mol. The molecule has 0 saturated heterocycles. The van der Waals surface area contributed by atoms with Gasteiger partial charge in [0.1, 0.15) is 11.5 Å². The molecular formula is C15H14INO3. The third-order valence-electron chi connectivity index (χ3n) is 2.90. The molecule has 0 aliphatic rings. The van der Waals surface area contributed by atoms with Gasteiger partial charge >= 0.3 is 0 Å². The summed E-state index contributed by atoms with van der Waals surface area (Å²) >= 11 is 2.00. The van der Waals surface area contributed by atoms with Crippen LogP contribution in [0.1, 0.15) is 17.3 Å². The Morgan fingerprint density at radius 1 is 1.20 bits per heavy atom. The third kappa shape index (κ3) is 3.04. The summed E-state index contributed by atoms with van der Waals surface area (Å²) in [6, 6.07) is 11.4. The highest BCUT2D eigenvalue weighted by Crippen LogP contribution is 2.25. The standard InChI is InChI=1S/C15H14INO3/c1-2-17(11-4-3-5-12(18)9-11)15(20)10-6-7-13(16)14(19)8-10/h3-9,18-19H,2H2,1H3. The summed E-state index contributed by atoms with van der Waals surface area (Å²) < 4.78 is 0.694. The van der Waals surface area contributed by atoms with Crippen LogP contribution in [0.4, 0.5) is 5.69 Å². The number of phenolic OH excluding ortho intramolecular Hbond substituents is 2. The Bertz CT molecular complexity index is 643. The maximum atomic E-state index is 12.5. The Morgan fingerprint density at radius 2 is 1.95 bits per heavy atom. The molecule has 1 amide bonds. The van der Waals surface area contributed by atoms with Crippen LogP contribution in [0.25, 0.3) is 0 Å². The second-order valence-corrected chi connectivity index (χ2v) is 5.40. The van der Waals surface area contributed by atoms with Gasteiger partial charge in [-0.15, -0.1) is 0 Å². The molecule has 20 heavy (non-hydrogen) atoms. The fourth-order valence-corrected chi connectivity index (χ4v) is 2.24. The smallest absolute Gasteiger partial charge is 0.258 e. The Morgan fingerprint density at radius 3 is 2.55 bits per heavy atom. The Hall–Kier alpha value is -1.76. The normalized spacial score (nSPS) is 10.3. The van der Waals surface area contributed by atoms with Crippen LogP contribution in [0.15, 0.2) is 42.5 Å². The molecule has 0 spiro atoms. The molecule has 0 heterocycles. The van der Waals surface area contributed by atoms with Crippen molar-refractivity contribution in [2.24, 2.45) is 0 Å². The SMILES string of the molecule is CCN(C(=O)c1ccc(I)c(O)c1)c1cccc(O)c1. The van der Waals surface area contributed by atoms with Crippen molar-refractivity contribution >= 4 is 34.2 Å². The number of halogens is 1. The van der Waals surface area contributed by atoms with Crippen LogP contribution in [0.2, 0.25) is 0 Å². The van der Waals surface area contributed by atoms with Crippen molar-refractivity contribution in [3.8, 4) is 11.5 Å². The molecule has 0 fully saturated rings. The largest absolute Gasteiger partial charge is 0.508 e. The lowest BCUT2D eigenvalue weighted by Crippen LogP contribution is -2.30. The summed E-state index contributed by atoms with van der Waals surface area (Å²) in [5.74, 6) is -0.0209. The van der Waals surface area contributed by atoms with Gasteiger partial charge in [0.05, 0.1) is 3.57 Å². The summed E-state index contributed by atoms with van der Waals surface area (Å²) in [5.41, 5.74) is 1.03. The minimum atomic E-state index is -0.218. The zero-order valence-electron chi connectivity index (χ0n) is 10.9. The van der Waals surface area contributed by atoms with E-state index in [9.17, 15) is 15.0 Å². The van der Waals surface area contributed by atoms with Crippen molar-refractivity contribution in [1.82, 2.24) is 0 Å². The monoisotopic (exact) mass is 383 g/mol. The molecule has 0 radical (unpaired) electrons. The van der Waals surface area contributed by atoms with Gasteiger partial charge in [-0.25, -0.2) is 0 Å². The molecule has 2 aromatic rings. The predicted molar refractivity (Wildman–Crippen MR) is 86.3 cm³/mol. The van der Waals surface area contributed by atoms with E-state index in [2.05, 4.69) is 0 Å². The first-order valence-corrected chi connectivity index (χ1v) is 7.20. The zero-order chi connectivity index (χ0) is 14.7. The number of nitrogens with zero attached hydrogens (tertiary/aromatic N) is 1.